The van der Waals surface area contributed by atoms with Crippen molar-refractivity contribution in [1.29, 1.82) is 0 Å². The van der Waals surface area contributed by atoms with Crippen LogP contribution in [0.4, 0.5) is 5.69 Å². The lowest BCUT2D eigenvalue weighted by Gasteiger charge is -2.18. The van der Waals surface area contributed by atoms with Crippen molar-refractivity contribution in [3.05, 3.63) is 76.3 Å². The van der Waals surface area contributed by atoms with E-state index in [1.807, 2.05) is 56.3 Å². The molecule has 12 heteroatoms. The minimum absolute atomic E-state index is 0.00980. The van der Waals surface area contributed by atoms with Gasteiger partial charge in [-0.05, 0) is 31.0 Å². The Bertz CT molecular complexity index is 1490. The first-order chi connectivity index (χ1) is 18.6. The van der Waals surface area contributed by atoms with Crippen LogP contribution in [-0.4, -0.2) is 47.6 Å². The molecule has 0 saturated carbocycles. The maximum Gasteiger partial charge on any atom is 0.279 e. The Hall–Kier alpha value is -3.61. The summed E-state index contributed by atoms with van der Waals surface area (Å²) in [6, 6.07) is 12.3. The summed E-state index contributed by atoms with van der Waals surface area (Å²) >= 11 is 0.840. The minimum atomic E-state index is -3.94. The number of hydrogen-bond acceptors (Lipinski definition) is 9. The normalized spacial score (nSPS) is 14.9. The molecule has 0 radical (unpaired) electrons. The second-order valence-electron chi connectivity index (χ2n) is 8.99. The van der Waals surface area contributed by atoms with Gasteiger partial charge in [0.2, 0.25) is 0 Å². The third kappa shape index (κ3) is 5.58. The molecule has 0 bridgehead atoms. The zero-order valence-electron chi connectivity index (χ0n) is 22.2. The van der Waals surface area contributed by atoms with Gasteiger partial charge in [0.1, 0.15) is 22.9 Å². The number of sulfonamides is 1. The molecule has 1 atom stereocenters. The molecular formula is C27H32N4O6S2. The number of imide groups is 1. The van der Waals surface area contributed by atoms with Gasteiger partial charge in [-0.25, -0.2) is 8.42 Å². The van der Waals surface area contributed by atoms with Gasteiger partial charge in [0.25, 0.3) is 21.8 Å². The predicted molar refractivity (Wildman–Crippen MR) is 148 cm³/mol. The lowest BCUT2D eigenvalue weighted by atomic mass is 10.1. The number of thiophene rings is 1. The highest BCUT2D eigenvalue weighted by Crippen LogP contribution is 2.40. The monoisotopic (exact) mass is 572 g/mol. The van der Waals surface area contributed by atoms with Gasteiger partial charge in [-0.2, -0.15) is 4.31 Å². The van der Waals surface area contributed by atoms with Gasteiger partial charge in [-0.15, -0.1) is 11.3 Å². The van der Waals surface area contributed by atoms with E-state index >= 15 is 0 Å². The summed E-state index contributed by atoms with van der Waals surface area (Å²) in [4.78, 5) is 28.3. The molecule has 0 saturated heterocycles. The fraction of sp³-hybridized carbons (Fsp3) is 0.333. The molecular weight excluding hydrogens is 540 g/mol. The average molecular weight is 573 g/mol. The summed E-state index contributed by atoms with van der Waals surface area (Å²) in [5.41, 5.74) is 0.706. The zero-order chi connectivity index (χ0) is 28.3. The molecule has 208 valence electrons. The lowest BCUT2D eigenvalue weighted by molar-refractivity contribution is -0.138. The van der Waals surface area contributed by atoms with E-state index in [-0.39, 0.29) is 40.9 Å². The maximum atomic E-state index is 13.6. The van der Waals surface area contributed by atoms with Crippen LogP contribution in [0.15, 0.2) is 67.9 Å². The van der Waals surface area contributed by atoms with E-state index in [0.717, 1.165) is 21.8 Å². The second-order valence-corrected chi connectivity index (χ2v) is 12.0. The summed E-state index contributed by atoms with van der Waals surface area (Å²) in [5, 5.41) is 18.3. The van der Waals surface area contributed by atoms with Crippen molar-refractivity contribution >= 4 is 38.9 Å². The molecule has 0 aliphatic carbocycles. The Kier molecular flexibility index (Phi) is 8.48. The van der Waals surface area contributed by atoms with Gasteiger partial charge in [-0.1, -0.05) is 51.1 Å². The molecule has 2 aromatic heterocycles. The summed E-state index contributed by atoms with van der Waals surface area (Å²) < 4.78 is 32.8. The zero-order valence-corrected chi connectivity index (χ0v) is 23.9. The molecule has 0 unspecified atom stereocenters. The van der Waals surface area contributed by atoms with Crippen LogP contribution >= 0.6 is 11.3 Å². The van der Waals surface area contributed by atoms with Gasteiger partial charge >= 0.3 is 0 Å². The van der Waals surface area contributed by atoms with Crippen LogP contribution < -0.4 is 10.6 Å². The molecule has 1 aromatic carbocycles. The van der Waals surface area contributed by atoms with Crippen molar-refractivity contribution in [3.8, 4) is 5.75 Å². The molecule has 3 heterocycles. The van der Waals surface area contributed by atoms with E-state index in [1.165, 1.54) is 9.69 Å². The largest absolute Gasteiger partial charge is 0.504 e. The van der Waals surface area contributed by atoms with Crippen molar-refractivity contribution in [1.82, 2.24) is 14.5 Å². The highest BCUT2D eigenvalue weighted by Gasteiger charge is 2.41. The number of aryl methyl sites for hydroxylation is 1. The standard InChI is InChI=1S/C27H32N4O6S2/c1-5-19(21-14-13-17(4)37-21)28-22-23(26(34)31(25(22)33)15-18-11-9-8-10-12-18)29-20-16-38-27(24(20)32)39(35,36)30(6-2)7-3/h8-14,16,19,28-29,32H,5-7,15H2,1-4H3/t19-/m1/s1. The Morgan fingerprint density at radius 3 is 2.28 bits per heavy atom. The summed E-state index contributed by atoms with van der Waals surface area (Å²) in [5.74, 6) is -0.333. The number of carbonyl (C=O) groups excluding carboxylic acids is 2. The van der Waals surface area contributed by atoms with Gasteiger partial charge in [0, 0.05) is 18.5 Å². The number of hydrogen-bond donors (Lipinski definition) is 3. The SMILES string of the molecule is CC[C@@H](NC1=C(Nc2csc(S(=O)(=O)N(CC)CC)c2O)C(=O)N(Cc2ccccc2)C1=O)c1ccc(C)o1. The van der Waals surface area contributed by atoms with Crippen LogP contribution in [0.1, 0.15) is 50.3 Å². The van der Waals surface area contributed by atoms with E-state index in [1.54, 1.807) is 13.8 Å². The van der Waals surface area contributed by atoms with Gasteiger partial charge in [0.15, 0.2) is 9.96 Å². The van der Waals surface area contributed by atoms with E-state index in [4.69, 9.17) is 4.42 Å². The molecule has 1 aliphatic rings. The summed E-state index contributed by atoms with van der Waals surface area (Å²) in [6.45, 7) is 7.68. The fourth-order valence-corrected chi connectivity index (χ4v) is 7.18. The minimum Gasteiger partial charge on any atom is -0.504 e. The molecule has 1 aliphatic heterocycles. The van der Waals surface area contributed by atoms with E-state index in [0.29, 0.717) is 17.9 Å². The third-order valence-corrected chi connectivity index (χ3v) is 9.99. The fourth-order valence-electron chi connectivity index (χ4n) is 4.35. The van der Waals surface area contributed by atoms with Gasteiger partial charge < -0.3 is 20.2 Å². The van der Waals surface area contributed by atoms with Crippen molar-refractivity contribution in [2.75, 3.05) is 18.4 Å². The number of carbonyl (C=O) groups is 2. The number of benzene rings is 1. The number of nitrogens with one attached hydrogen (secondary N) is 2. The second kappa shape index (κ2) is 11.6. The van der Waals surface area contributed by atoms with E-state index in [9.17, 15) is 23.1 Å². The molecule has 0 fully saturated rings. The van der Waals surface area contributed by atoms with Crippen LogP contribution in [0.2, 0.25) is 0 Å². The highest BCUT2D eigenvalue weighted by molar-refractivity contribution is 7.91. The number of furan rings is 1. The lowest BCUT2D eigenvalue weighted by Crippen LogP contribution is -2.34. The van der Waals surface area contributed by atoms with Gasteiger partial charge in [0.05, 0.1) is 18.3 Å². The molecule has 4 rings (SSSR count). The predicted octanol–water partition coefficient (Wildman–Crippen LogP) is 4.32. The van der Waals surface area contributed by atoms with Crippen molar-refractivity contribution < 1.29 is 27.5 Å². The first kappa shape index (κ1) is 28.4. The van der Waals surface area contributed by atoms with Crippen LogP contribution in [0.3, 0.4) is 0 Å². The Morgan fingerprint density at radius 1 is 1.03 bits per heavy atom. The number of amides is 2. The Balaban J connectivity index is 1.72. The third-order valence-electron chi connectivity index (χ3n) is 6.45. The summed E-state index contributed by atoms with van der Waals surface area (Å²) in [6.07, 6.45) is 0.555. The average Bonchev–Trinajstić information content (AvgIpc) is 3.57. The first-order valence-electron chi connectivity index (χ1n) is 12.7. The number of anilines is 1. The van der Waals surface area contributed by atoms with Crippen LogP contribution in [0.25, 0.3) is 0 Å². The Labute approximate surface area is 232 Å². The van der Waals surface area contributed by atoms with Crippen molar-refractivity contribution in [3.63, 3.8) is 0 Å². The number of nitrogens with zero attached hydrogens (tertiary/aromatic N) is 2. The maximum absolute atomic E-state index is 13.6. The molecule has 0 spiro atoms. The molecule has 10 nitrogen and oxygen atoms in total. The first-order valence-corrected chi connectivity index (χ1v) is 15.0. The van der Waals surface area contributed by atoms with E-state index in [2.05, 4.69) is 10.6 Å². The molecule has 39 heavy (non-hydrogen) atoms. The topological polar surface area (TPSA) is 132 Å². The number of aromatic hydroxyl groups is 1. The van der Waals surface area contributed by atoms with Crippen molar-refractivity contribution in [2.24, 2.45) is 0 Å². The van der Waals surface area contributed by atoms with Crippen LogP contribution in [0, 0.1) is 6.92 Å². The van der Waals surface area contributed by atoms with Gasteiger partial charge in [-0.3, -0.25) is 14.5 Å². The summed E-state index contributed by atoms with van der Waals surface area (Å²) in [7, 11) is -3.94. The van der Waals surface area contributed by atoms with Crippen molar-refractivity contribution in [2.45, 2.75) is 50.9 Å². The number of rotatable bonds is 12. The quantitative estimate of drug-likeness (QED) is 0.274. The smallest absolute Gasteiger partial charge is 0.279 e. The molecule has 3 aromatic rings. The van der Waals surface area contributed by atoms with Crippen LogP contribution in [-0.2, 0) is 26.2 Å². The van der Waals surface area contributed by atoms with Crippen LogP contribution in [0.5, 0.6) is 5.75 Å². The highest BCUT2D eigenvalue weighted by atomic mass is 32.2. The molecule has 3 N–H and O–H groups in total. The Morgan fingerprint density at radius 2 is 1.69 bits per heavy atom. The van der Waals surface area contributed by atoms with E-state index < -0.39 is 33.6 Å². The molecule has 2 amide bonds.